The molecule has 2 fully saturated rings. The first-order valence-corrected chi connectivity index (χ1v) is 8.60. The summed E-state index contributed by atoms with van der Waals surface area (Å²) in [5, 5.41) is 12.6. The minimum absolute atomic E-state index is 0.0421. The van der Waals surface area contributed by atoms with Crippen molar-refractivity contribution in [3.8, 4) is 5.75 Å². The summed E-state index contributed by atoms with van der Waals surface area (Å²) in [6.07, 6.45) is 3.20. The molecule has 0 aromatic heterocycles. The summed E-state index contributed by atoms with van der Waals surface area (Å²) in [5.74, 6) is -0.155. The molecule has 1 saturated carbocycles. The molecule has 0 spiro atoms. The van der Waals surface area contributed by atoms with Gasteiger partial charge in [-0.1, -0.05) is 6.07 Å². The number of nitrogens with zero attached hydrogens (tertiary/aromatic N) is 1. The second kappa shape index (κ2) is 7.49. The van der Waals surface area contributed by atoms with E-state index in [1.165, 1.54) is 13.2 Å². The molecule has 1 saturated heterocycles. The quantitative estimate of drug-likeness (QED) is 0.832. The molecule has 2 N–H and O–H groups in total. The minimum atomic E-state index is -0.436. The zero-order valence-corrected chi connectivity index (χ0v) is 14.0. The fourth-order valence-corrected chi connectivity index (χ4v) is 3.61. The molecule has 2 aliphatic rings. The van der Waals surface area contributed by atoms with Crippen LogP contribution in [0.15, 0.2) is 18.2 Å². The van der Waals surface area contributed by atoms with Gasteiger partial charge in [0.25, 0.3) is 0 Å². The molecule has 0 radical (unpaired) electrons. The number of likely N-dealkylation sites (tertiary alicyclic amines) is 1. The van der Waals surface area contributed by atoms with Gasteiger partial charge in [0.15, 0.2) is 11.6 Å². The van der Waals surface area contributed by atoms with Gasteiger partial charge in [-0.15, -0.1) is 0 Å². The van der Waals surface area contributed by atoms with Crippen LogP contribution in [-0.2, 0) is 4.79 Å². The zero-order chi connectivity index (χ0) is 17.1. The number of benzene rings is 1. The Labute approximate surface area is 141 Å². The van der Waals surface area contributed by atoms with Gasteiger partial charge in [0, 0.05) is 0 Å². The van der Waals surface area contributed by atoms with Gasteiger partial charge in [-0.05, 0) is 62.4 Å². The average molecular weight is 336 g/mol. The van der Waals surface area contributed by atoms with Crippen LogP contribution in [0.25, 0.3) is 0 Å². The third-order valence-corrected chi connectivity index (χ3v) is 5.04. The van der Waals surface area contributed by atoms with Gasteiger partial charge < -0.3 is 15.2 Å². The van der Waals surface area contributed by atoms with E-state index in [0.29, 0.717) is 19.4 Å². The van der Waals surface area contributed by atoms with Crippen LogP contribution in [0.4, 0.5) is 4.39 Å². The van der Waals surface area contributed by atoms with Crippen LogP contribution in [0.2, 0.25) is 0 Å². The number of rotatable bonds is 6. The number of aliphatic hydroxyl groups is 1. The van der Waals surface area contributed by atoms with Crippen molar-refractivity contribution in [2.24, 2.45) is 5.92 Å². The fraction of sp³-hybridized carbons (Fsp3) is 0.611. The predicted octanol–water partition coefficient (Wildman–Crippen LogP) is 1.86. The third kappa shape index (κ3) is 3.87. The van der Waals surface area contributed by atoms with Crippen molar-refractivity contribution >= 4 is 5.91 Å². The molecule has 1 aromatic rings. The number of halogens is 1. The summed E-state index contributed by atoms with van der Waals surface area (Å²) in [6, 6.07) is 4.51. The molecule has 1 atom stereocenters. The Hall–Kier alpha value is -1.66. The first-order chi connectivity index (χ1) is 11.6. The van der Waals surface area contributed by atoms with Crippen molar-refractivity contribution < 1.29 is 19.0 Å². The summed E-state index contributed by atoms with van der Waals surface area (Å²) in [4.78, 5) is 14.5. The monoisotopic (exact) mass is 336 g/mol. The number of carbonyl (C=O) groups excluding carboxylic acids is 1. The van der Waals surface area contributed by atoms with E-state index in [0.717, 1.165) is 31.5 Å². The van der Waals surface area contributed by atoms with Crippen LogP contribution in [-0.4, -0.2) is 48.8 Å². The second-order valence-electron chi connectivity index (χ2n) is 6.81. The number of ether oxygens (including phenoxy) is 1. The summed E-state index contributed by atoms with van der Waals surface area (Å²) in [5.41, 5.74) is 0.722. The summed E-state index contributed by atoms with van der Waals surface area (Å²) in [7, 11) is 1.43. The lowest BCUT2D eigenvalue weighted by Gasteiger charge is -2.38. The van der Waals surface area contributed by atoms with Crippen LogP contribution >= 0.6 is 0 Å². The normalized spacial score (nSPS) is 25.1. The molecule has 132 valence electrons. The predicted molar refractivity (Wildman–Crippen MR) is 88.2 cm³/mol. The number of hydrogen-bond acceptors (Lipinski definition) is 4. The number of amides is 1. The Morgan fingerprint density at radius 2 is 2.12 bits per heavy atom. The van der Waals surface area contributed by atoms with E-state index in [-0.39, 0.29) is 29.7 Å². The minimum Gasteiger partial charge on any atom is -0.494 e. The smallest absolute Gasteiger partial charge is 0.234 e. The molecule has 0 unspecified atom stereocenters. The van der Waals surface area contributed by atoms with E-state index >= 15 is 0 Å². The van der Waals surface area contributed by atoms with Crippen LogP contribution < -0.4 is 10.1 Å². The molecular formula is C18H25FN2O3. The first kappa shape index (κ1) is 17.2. The highest BCUT2D eigenvalue weighted by atomic mass is 19.1. The van der Waals surface area contributed by atoms with E-state index < -0.39 is 5.82 Å². The molecule has 3 rings (SSSR count). The Bertz CT molecular complexity index is 584. The van der Waals surface area contributed by atoms with E-state index in [4.69, 9.17) is 4.74 Å². The van der Waals surface area contributed by atoms with Gasteiger partial charge in [0.2, 0.25) is 5.91 Å². The summed E-state index contributed by atoms with van der Waals surface area (Å²) >= 11 is 0. The Balaban J connectivity index is 1.71. The van der Waals surface area contributed by atoms with Crippen molar-refractivity contribution in [3.63, 3.8) is 0 Å². The van der Waals surface area contributed by atoms with Crippen LogP contribution in [0.5, 0.6) is 5.75 Å². The van der Waals surface area contributed by atoms with E-state index in [9.17, 15) is 14.3 Å². The van der Waals surface area contributed by atoms with E-state index in [2.05, 4.69) is 10.2 Å². The van der Waals surface area contributed by atoms with Gasteiger partial charge in [0.1, 0.15) is 0 Å². The third-order valence-electron chi connectivity index (χ3n) is 5.04. The van der Waals surface area contributed by atoms with Crippen molar-refractivity contribution in [1.82, 2.24) is 10.2 Å². The maximum absolute atomic E-state index is 14.0. The number of methoxy groups -OCH3 is 1. The molecule has 1 heterocycles. The Morgan fingerprint density at radius 3 is 2.71 bits per heavy atom. The Morgan fingerprint density at radius 1 is 1.42 bits per heavy atom. The summed E-state index contributed by atoms with van der Waals surface area (Å²) < 4.78 is 19.0. The standard InChI is InChI=1S/C18H25FN2O3/c1-24-16-5-4-12(10-15(16)19)18(13-8-14(22)9-13)20-17(23)11-21-6-2-3-7-21/h4-5,10,13-14,18,22H,2-3,6-9,11H2,1H3,(H,20,23)/t13?,14?,18-/m0/s1. The van der Waals surface area contributed by atoms with Crippen molar-refractivity contribution in [2.45, 2.75) is 37.8 Å². The lowest BCUT2D eigenvalue weighted by molar-refractivity contribution is -0.124. The maximum Gasteiger partial charge on any atom is 0.234 e. The highest BCUT2D eigenvalue weighted by Crippen LogP contribution is 2.38. The van der Waals surface area contributed by atoms with Gasteiger partial charge >= 0.3 is 0 Å². The second-order valence-corrected chi connectivity index (χ2v) is 6.81. The number of aliphatic hydroxyl groups excluding tert-OH is 1. The number of hydrogen-bond donors (Lipinski definition) is 2. The van der Waals surface area contributed by atoms with Crippen LogP contribution in [0.3, 0.4) is 0 Å². The van der Waals surface area contributed by atoms with Crippen molar-refractivity contribution in [2.75, 3.05) is 26.7 Å². The molecule has 24 heavy (non-hydrogen) atoms. The molecule has 5 nitrogen and oxygen atoms in total. The average Bonchev–Trinajstić information content (AvgIpc) is 3.02. The topological polar surface area (TPSA) is 61.8 Å². The van der Waals surface area contributed by atoms with Gasteiger partial charge in [-0.3, -0.25) is 9.69 Å². The van der Waals surface area contributed by atoms with Crippen molar-refractivity contribution in [1.29, 1.82) is 0 Å². The molecule has 1 amide bonds. The zero-order valence-electron chi connectivity index (χ0n) is 14.0. The highest BCUT2D eigenvalue weighted by Gasteiger charge is 2.36. The molecule has 0 bridgehead atoms. The summed E-state index contributed by atoms with van der Waals surface area (Å²) in [6.45, 7) is 2.29. The molecule has 1 aliphatic heterocycles. The van der Waals surface area contributed by atoms with Gasteiger partial charge in [-0.25, -0.2) is 4.39 Å². The SMILES string of the molecule is COc1ccc([C@H](NC(=O)CN2CCCC2)C2CC(O)C2)cc1F. The Kier molecular flexibility index (Phi) is 5.36. The molecule has 6 heteroatoms. The van der Waals surface area contributed by atoms with Gasteiger partial charge in [0.05, 0.1) is 25.8 Å². The lowest BCUT2D eigenvalue weighted by Crippen LogP contribution is -2.44. The maximum atomic E-state index is 14.0. The van der Waals surface area contributed by atoms with Crippen LogP contribution in [0, 0.1) is 11.7 Å². The first-order valence-electron chi connectivity index (χ1n) is 8.60. The molecular weight excluding hydrogens is 311 g/mol. The van der Waals surface area contributed by atoms with Crippen molar-refractivity contribution in [3.05, 3.63) is 29.6 Å². The lowest BCUT2D eigenvalue weighted by atomic mass is 9.75. The molecule has 1 aliphatic carbocycles. The highest BCUT2D eigenvalue weighted by molar-refractivity contribution is 5.78. The van der Waals surface area contributed by atoms with E-state index in [1.54, 1.807) is 12.1 Å². The fourth-order valence-electron chi connectivity index (χ4n) is 3.61. The largest absolute Gasteiger partial charge is 0.494 e. The van der Waals surface area contributed by atoms with Gasteiger partial charge in [-0.2, -0.15) is 0 Å². The van der Waals surface area contributed by atoms with Crippen LogP contribution in [0.1, 0.15) is 37.3 Å². The number of carbonyl (C=O) groups is 1. The van der Waals surface area contributed by atoms with E-state index in [1.807, 2.05) is 0 Å². The number of nitrogens with one attached hydrogen (secondary N) is 1. The molecule has 1 aromatic carbocycles.